The molecule has 0 saturated heterocycles. The van der Waals surface area contributed by atoms with Crippen LogP contribution in [0.25, 0.3) is 0 Å². The summed E-state index contributed by atoms with van der Waals surface area (Å²) in [7, 11) is 0. The van der Waals surface area contributed by atoms with Crippen LogP contribution in [0, 0.1) is 0 Å². The summed E-state index contributed by atoms with van der Waals surface area (Å²) in [5.41, 5.74) is 5.37. The van der Waals surface area contributed by atoms with Crippen LogP contribution in [0.2, 0.25) is 0 Å². The Morgan fingerprint density at radius 1 is 1.40 bits per heavy atom. The van der Waals surface area contributed by atoms with Gasteiger partial charge < -0.3 is 16.4 Å². The zero-order valence-corrected chi connectivity index (χ0v) is 13.0. The van der Waals surface area contributed by atoms with Crippen LogP contribution in [0.4, 0.5) is 0 Å². The summed E-state index contributed by atoms with van der Waals surface area (Å²) >= 11 is 1.35. The Labute approximate surface area is 123 Å². The molecular weight excluding hydrogens is 274 g/mol. The van der Waals surface area contributed by atoms with E-state index in [1.54, 1.807) is 19.1 Å². The van der Waals surface area contributed by atoms with Gasteiger partial charge in [0.2, 0.25) is 5.91 Å². The van der Waals surface area contributed by atoms with Gasteiger partial charge in [0.25, 0.3) is 5.91 Å². The minimum atomic E-state index is -0.589. The first kappa shape index (κ1) is 16.7. The van der Waals surface area contributed by atoms with E-state index >= 15 is 0 Å². The molecule has 6 heteroatoms. The molecule has 5 nitrogen and oxygen atoms in total. The van der Waals surface area contributed by atoms with Crippen LogP contribution in [0.15, 0.2) is 17.5 Å². The summed E-state index contributed by atoms with van der Waals surface area (Å²) in [5.74, 6) is -0.432. The molecule has 1 rings (SSSR count). The Morgan fingerprint density at radius 2 is 2.05 bits per heavy atom. The van der Waals surface area contributed by atoms with Gasteiger partial charge in [-0.1, -0.05) is 19.9 Å². The lowest BCUT2D eigenvalue weighted by molar-refractivity contribution is -0.124. The summed E-state index contributed by atoms with van der Waals surface area (Å²) in [6.07, 6.45) is 1.52. The third-order valence-electron chi connectivity index (χ3n) is 3.62. The normalized spacial score (nSPS) is 12.8. The molecular formula is C14H23N3O2S. The molecule has 0 radical (unpaired) electrons. The lowest BCUT2D eigenvalue weighted by Crippen LogP contribution is -2.57. The zero-order valence-electron chi connectivity index (χ0n) is 12.2. The number of rotatable bonds is 7. The number of carbonyl (C=O) groups is 2. The van der Waals surface area contributed by atoms with Crippen molar-refractivity contribution in [3.05, 3.63) is 22.4 Å². The largest absolute Gasteiger partial charge is 0.348 e. The number of nitrogens with two attached hydrogens (primary N) is 1. The molecule has 0 aliphatic carbocycles. The first-order chi connectivity index (χ1) is 9.48. The maximum atomic E-state index is 12.2. The van der Waals surface area contributed by atoms with Gasteiger partial charge in [0.15, 0.2) is 0 Å². The fraction of sp³-hybridized carbons (Fsp3) is 0.571. The number of hydrogen-bond acceptors (Lipinski definition) is 4. The Hall–Kier alpha value is -1.40. The molecule has 0 spiro atoms. The highest BCUT2D eigenvalue weighted by Crippen LogP contribution is 2.13. The molecule has 4 N–H and O–H groups in total. The Kier molecular flexibility index (Phi) is 6.16. The SMILES string of the molecule is CCC(CC)(CN)NC(=O)C(C)NC(=O)c1cccs1. The van der Waals surface area contributed by atoms with Gasteiger partial charge in [-0.15, -0.1) is 11.3 Å². The molecule has 0 aromatic carbocycles. The molecule has 1 aromatic heterocycles. The summed E-state index contributed by atoms with van der Waals surface area (Å²) in [6.45, 7) is 6.04. The lowest BCUT2D eigenvalue weighted by Gasteiger charge is -2.32. The van der Waals surface area contributed by atoms with Gasteiger partial charge in [-0.25, -0.2) is 0 Å². The minimum absolute atomic E-state index is 0.205. The van der Waals surface area contributed by atoms with Crippen LogP contribution in [-0.2, 0) is 4.79 Å². The highest BCUT2D eigenvalue weighted by molar-refractivity contribution is 7.12. The number of carbonyl (C=O) groups excluding carboxylic acids is 2. The second-order valence-corrected chi connectivity index (χ2v) is 5.80. The summed E-state index contributed by atoms with van der Waals surface area (Å²) in [4.78, 5) is 24.6. The van der Waals surface area contributed by atoms with Crippen LogP contribution in [-0.4, -0.2) is 29.9 Å². The predicted molar refractivity (Wildman–Crippen MR) is 81.8 cm³/mol. The zero-order chi connectivity index (χ0) is 15.2. The van der Waals surface area contributed by atoms with E-state index in [1.807, 2.05) is 19.2 Å². The van der Waals surface area contributed by atoms with Crippen molar-refractivity contribution in [2.75, 3.05) is 6.54 Å². The van der Waals surface area contributed by atoms with Crippen molar-refractivity contribution in [2.24, 2.45) is 5.73 Å². The van der Waals surface area contributed by atoms with E-state index in [0.29, 0.717) is 11.4 Å². The van der Waals surface area contributed by atoms with Crippen LogP contribution in [0.3, 0.4) is 0 Å². The molecule has 1 heterocycles. The highest BCUT2D eigenvalue weighted by atomic mass is 32.1. The lowest BCUT2D eigenvalue weighted by atomic mass is 9.92. The van der Waals surface area contributed by atoms with E-state index in [4.69, 9.17) is 5.73 Å². The van der Waals surface area contributed by atoms with E-state index in [-0.39, 0.29) is 17.4 Å². The number of nitrogens with one attached hydrogen (secondary N) is 2. The minimum Gasteiger partial charge on any atom is -0.348 e. The average molecular weight is 297 g/mol. The average Bonchev–Trinajstić information content (AvgIpc) is 2.99. The Bertz CT molecular complexity index is 433. The van der Waals surface area contributed by atoms with Gasteiger partial charge in [-0.3, -0.25) is 9.59 Å². The van der Waals surface area contributed by atoms with Crippen LogP contribution < -0.4 is 16.4 Å². The van der Waals surface area contributed by atoms with Crippen molar-refractivity contribution < 1.29 is 9.59 Å². The molecule has 0 aliphatic heterocycles. The molecule has 1 atom stereocenters. The van der Waals surface area contributed by atoms with Gasteiger partial charge in [-0.05, 0) is 31.2 Å². The second kappa shape index (κ2) is 7.40. The molecule has 0 fully saturated rings. The summed E-state index contributed by atoms with van der Waals surface area (Å²) in [5, 5.41) is 7.48. The molecule has 0 bridgehead atoms. The Balaban J connectivity index is 2.61. The van der Waals surface area contributed by atoms with E-state index in [1.165, 1.54) is 11.3 Å². The van der Waals surface area contributed by atoms with Gasteiger partial charge in [0, 0.05) is 6.54 Å². The van der Waals surface area contributed by atoms with Crippen LogP contribution >= 0.6 is 11.3 Å². The molecule has 0 saturated carbocycles. The van der Waals surface area contributed by atoms with Crippen molar-refractivity contribution in [1.29, 1.82) is 0 Å². The fourth-order valence-electron chi connectivity index (χ4n) is 1.88. The quantitative estimate of drug-likeness (QED) is 0.713. The summed E-state index contributed by atoms with van der Waals surface area (Å²) < 4.78 is 0. The molecule has 112 valence electrons. The highest BCUT2D eigenvalue weighted by Gasteiger charge is 2.28. The third-order valence-corrected chi connectivity index (χ3v) is 4.49. The van der Waals surface area contributed by atoms with E-state index in [9.17, 15) is 9.59 Å². The topological polar surface area (TPSA) is 84.2 Å². The number of hydrogen-bond donors (Lipinski definition) is 3. The number of thiophene rings is 1. The number of amides is 2. The smallest absolute Gasteiger partial charge is 0.261 e. The van der Waals surface area contributed by atoms with Crippen molar-refractivity contribution in [1.82, 2.24) is 10.6 Å². The molecule has 2 amide bonds. The summed E-state index contributed by atoms with van der Waals surface area (Å²) in [6, 6.07) is 2.94. The van der Waals surface area contributed by atoms with Gasteiger partial charge in [0.1, 0.15) is 6.04 Å². The first-order valence-electron chi connectivity index (χ1n) is 6.84. The van der Waals surface area contributed by atoms with Gasteiger partial charge >= 0.3 is 0 Å². The van der Waals surface area contributed by atoms with Gasteiger partial charge in [0.05, 0.1) is 10.4 Å². The van der Waals surface area contributed by atoms with Crippen molar-refractivity contribution >= 4 is 23.2 Å². The predicted octanol–water partition coefficient (Wildman–Crippen LogP) is 1.50. The molecule has 0 aliphatic rings. The van der Waals surface area contributed by atoms with E-state index < -0.39 is 6.04 Å². The second-order valence-electron chi connectivity index (χ2n) is 4.85. The van der Waals surface area contributed by atoms with E-state index in [2.05, 4.69) is 10.6 Å². The van der Waals surface area contributed by atoms with Crippen molar-refractivity contribution in [2.45, 2.75) is 45.2 Å². The fourth-order valence-corrected chi connectivity index (χ4v) is 2.50. The van der Waals surface area contributed by atoms with Crippen molar-refractivity contribution in [3.63, 3.8) is 0 Å². The van der Waals surface area contributed by atoms with Crippen LogP contribution in [0.5, 0.6) is 0 Å². The van der Waals surface area contributed by atoms with Gasteiger partial charge in [-0.2, -0.15) is 0 Å². The van der Waals surface area contributed by atoms with Crippen LogP contribution in [0.1, 0.15) is 43.3 Å². The maximum Gasteiger partial charge on any atom is 0.261 e. The monoisotopic (exact) mass is 297 g/mol. The molecule has 1 unspecified atom stereocenters. The molecule has 1 aromatic rings. The first-order valence-corrected chi connectivity index (χ1v) is 7.72. The van der Waals surface area contributed by atoms with Crippen molar-refractivity contribution in [3.8, 4) is 0 Å². The maximum absolute atomic E-state index is 12.2. The standard InChI is InChI=1S/C14H23N3O2S/c1-4-14(5-2,9-15)17-12(18)10(3)16-13(19)11-7-6-8-20-11/h6-8,10H,4-5,9,15H2,1-3H3,(H,16,19)(H,17,18). The Morgan fingerprint density at radius 3 is 2.50 bits per heavy atom. The molecule has 20 heavy (non-hydrogen) atoms. The third kappa shape index (κ3) is 4.05. The van der Waals surface area contributed by atoms with E-state index in [0.717, 1.165) is 12.8 Å².